The van der Waals surface area contributed by atoms with E-state index in [0.717, 1.165) is 18.0 Å². The summed E-state index contributed by atoms with van der Waals surface area (Å²) in [6.07, 6.45) is 1.11. The predicted octanol–water partition coefficient (Wildman–Crippen LogP) is 3.03. The number of halogens is 1. The van der Waals surface area contributed by atoms with E-state index >= 15 is 0 Å². The van der Waals surface area contributed by atoms with Crippen molar-refractivity contribution < 1.29 is 5.32 Å². The van der Waals surface area contributed by atoms with Crippen molar-refractivity contribution in [2.24, 2.45) is 0 Å². The number of aromatic amines is 1. The molecule has 0 saturated heterocycles. The van der Waals surface area contributed by atoms with Gasteiger partial charge in [0.15, 0.2) is 6.04 Å². The van der Waals surface area contributed by atoms with Crippen molar-refractivity contribution in [1.82, 2.24) is 4.98 Å². The van der Waals surface area contributed by atoms with Crippen molar-refractivity contribution >= 4 is 22.5 Å². The Morgan fingerprint density at radius 3 is 2.75 bits per heavy atom. The summed E-state index contributed by atoms with van der Waals surface area (Å²) in [5.41, 5.74) is 5.19. The van der Waals surface area contributed by atoms with Gasteiger partial charge in [0, 0.05) is 22.9 Å². The average molecular weight is 284 g/mol. The normalized spacial score (nSPS) is 18.1. The van der Waals surface area contributed by atoms with Gasteiger partial charge in [0.2, 0.25) is 0 Å². The van der Waals surface area contributed by atoms with E-state index in [1.807, 2.05) is 12.1 Å². The summed E-state index contributed by atoms with van der Waals surface area (Å²) < 4.78 is 0. The third-order valence-electron chi connectivity index (χ3n) is 4.19. The van der Waals surface area contributed by atoms with Crippen molar-refractivity contribution in [3.05, 3.63) is 70.4 Å². The Labute approximate surface area is 122 Å². The van der Waals surface area contributed by atoms with Gasteiger partial charge in [-0.25, -0.2) is 0 Å². The fourth-order valence-corrected chi connectivity index (χ4v) is 3.53. The topological polar surface area (TPSA) is 32.4 Å². The lowest BCUT2D eigenvalue weighted by molar-refractivity contribution is -0.690. The SMILES string of the molecule is Clc1ccccc1[C@H]1[NH2+]CCc2c1[nH]c1ccccc21. The first-order valence-corrected chi connectivity index (χ1v) is 7.39. The molecule has 3 aromatic rings. The Kier molecular flexibility index (Phi) is 2.79. The largest absolute Gasteiger partial charge is 0.353 e. The fraction of sp³-hybridized carbons (Fsp3) is 0.176. The molecule has 0 saturated carbocycles. The van der Waals surface area contributed by atoms with Crippen LogP contribution in [-0.2, 0) is 6.42 Å². The number of para-hydroxylation sites is 1. The van der Waals surface area contributed by atoms with Gasteiger partial charge < -0.3 is 10.3 Å². The first-order valence-electron chi connectivity index (χ1n) is 7.02. The molecular formula is C17H16ClN2+. The van der Waals surface area contributed by atoms with Crippen LogP contribution in [-0.4, -0.2) is 11.5 Å². The molecule has 20 heavy (non-hydrogen) atoms. The van der Waals surface area contributed by atoms with Crippen LogP contribution in [0.15, 0.2) is 48.5 Å². The third kappa shape index (κ3) is 1.76. The molecule has 0 aliphatic carbocycles. The highest BCUT2D eigenvalue weighted by atomic mass is 35.5. The molecule has 4 rings (SSSR count). The van der Waals surface area contributed by atoms with Gasteiger partial charge >= 0.3 is 0 Å². The van der Waals surface area contributed by atoms with Crippen LogP contribution in [0.2, 0.25) is 5.02 Å². The molecule has 0 spiro atoms. The van der Waals surface area contributed by atoms with Gasteiger partial charge in [0.1, 0.15) is 0 Å². The number of rotatable bonds is 1. The molecule has 2 aromatic carbocycles. The van der Waals surface area contributed by atoms with Crippen molar-refractivity contribution in [2.75, 3.05) is 6.54 Å². The molecule has 0 bridgehead atoms. The van der Waals surface area contributed by atoms with E-state index in [-0.39, 0.29) is 6.04 Å². The summed E-state index contributed by atoms with van der Waals surface area (Å²) in [7, 11) is 0. The summed E-state index contributed by atoms with van der Waals surface area (Å²) in [6.45, 7) is 1.10. The molecule has 2 heterocycles. The van der Waals surface area contributed by atoms with Gasteiger partial charge in [0.05, 0.1) is 17.3 Å². The number of benzene rings is 2. The van der Waals surface area contributed by atoms with E-state index in [1.54, 1.807) is 0 Å². The Morgan fingerprint density at radius 2 is 1.85 bits per heavy atom. The molecule has 100 valence electrons. The highest BCUT2D eigenvalue weighted by Gasteiger charge is 2.29. The molecule has 0 amide bonds. The number of nitrogens with two attached hydrogens (primary N) is 1. The molecule has 1 atom stereocenters. The maximum atomic E-state index is 6.39. The van der Waals surface area contributed by atoms with Crippen LogP contribution in [0.1, 0.15) is 22.9 Å². The van der Waals surface area contributed by atoms with Crippen LogP contribution < -0.4 is 5.32 Å². The molecular weight excluding hydrogens is 268 g/mol. The van der Waals surface area contributed by atoms with Crippen LogP contribution in [0.5, 0.6) is 0 Å². The highest BCUT2D eigenvalue weighted by Crippen LogP contribution is 2.32. The van der Waals surface area contributed by atoms with E-state index < -0.39 is 0 Å². The molecule has 2 nitrogen and oxygen atoms in total. The van der Waals surface area contributed by atoms with E-state index in [2.05, 4.69) is 46.7 Å². The molecule has 1 aromatic heterocycles. The zero-order valence-electron chi connectivity index (χ0n) is 11.1. The number of hydrogen-bond donors (Lipinski definition) is 2. The van der Waals surface area contributed by atoms with Crippen LogP contribution in [0, 0.1) is 0 Å². The minimum atomic E-state index is 0.278. The fourth-order valence-electron chi connectivity index (χ4n) is 3.28. The molecule has 0 unspecified atom stereocenters. The summed E-state index contributed by atoms with van der Waals surface area (Å²) in [5, 5.41) is 4.58. The van der Waals surface area contributed by atoms with Gasteiger partial charge in [-0.2, -0.15) is 0 Å². The third-order valence-corrected chi connectivity index (χ3v) is 4.54. The first-order chi connectivity index (χ1) is 9.84. The second-order valence-corrected chi connectivity index (χ2v) is 5.74. The number of aromatic nitrogens is 1. The van der Waals surface area contributed by atoms with Gasteiger partial charge in [-0.05, 0) is 17.7 Å². The zero-order chi connectivity index (χ0) is 13.5. The Morgan fingerprint density at radius 1 is 1.05 bits per heavy atom. The second kappa shape index (κ2) is 4.65. The van der Waals surface area contributed by atoms with Crippen molar-refractivity contribution in [2.45, 2.75) is 12.5 Å². The minimum absolute atomic E-state index is 0.278. The number of hydrogen-bond acceptors (Lipinski definition) is 0. The first kappa shape index (κ1) is 12.0. The van der Waals surface area contributed by atoms with E-state index in [9.17, 15) is 0 Å². The number of H-pyrrole nitrogens is 1. The number of quaternary nitrogens is 1. The van der Waals surface area contributed by atoms with Crippen molar-refractivity contribution in [1.29, 1.82) is 0 Å². The maximum Gasteiger partial charge on any atom is 0.154 e. The van der Waals surface area contributed by atoms with Crippen LogP contribution in [0.3, 0.4) is 0 Å². The lowest BCUT2D eigenvalue weighted by Crippen LogP contribution is -2.87. The molecule has 0 radical (unpaired) electrons. The Bertz CT molecular complexity index is 776. The summed E-state index contributed by atoms with van der Waals surface area (Å²) in [6, 6.07) is 17.0. The van der Waals surface area contributed by atoms with Crippen LogP contribution in [0.4, 0.5) is 0 Å². The lowest BCUT2D eigenvalue weighted by Gasteiger charge is -2.22. The average Bonchev–Trinajstić information content (AvgIpc) is 2.86. The van der Waals surface area contributed by atoms with E-state index in [1.165, 1.54) is 27.7 Å². The summed E-state index contributed by atoms with van der Waals surface area (Å²) in [5.74, 6) is 0. The minimum Gasteiger partial charge on any atom is -0.353 e. The van der Waals surface area contributed by atoms with Gasteiger partial charge in [-0.3, -0.25) is 0 Å². The predicted molar refractivity (Wildman–Crippen MR) is 82.1 cm³/mol. The highest BCUT2D eigenvalue weighted by molar-refractivity contribution is 6.31. The van der Waals surface area contributed by atoms with Gasteiger partial charge in [0.25, 0.3) is 0 Å². The smallest absolute Gasteiger partial charge is 0.154 e. The summed E-state index contributed by atoms with van der Waals surface area (Å²) >= 11 is 6.39. The monoisotopic (exact) mass is 283 g/mol. The van der Waals surface area contributed by atoms with Gasteiger partial charge in [-0.1, -0.05) is 48.0 Å². The Hall–Kier alpha value is -1.77. The van der Waals surface area contributed by atoms with E-state index in [0.29, 0.717) is 0 Å². The lowest BCUT2D eigenvalue weighted by atomic mass is 9.94. The molecule has 1 aliphatic rings. The number of nitrogens with one attached hydrogen (secondary N) is 1. The maximum absolute atomic E-state index is 6.39. The standard InChI is InChI=1S/C17H15ClN2/c18-14-7-3-1-6-13(14)16-17-12(9-10-19-16)11-5-2-4-8-15(11)20-17/h1-8,16,19-20H,9-10H2/p+1/t16-/m1/s1. The second-order valence-electron chi connectivity index (χ2n) is 5.34. The quantitative estimate of drug-likeness (QED) is 0.688. The molecule has 0 fully saturated rings. The molecule has 3 N–H and O–H groups in total. The van der Waals surface area contributed by atoms with E-state index in [4.69, 9.17) is 11.6 Å². The Balaban J connectivity index is 1.92. The number of fused-ring (bicyclic) bond motifs is 3. The van der Waals surface area contributed by atoms with Crippen LogP contribution >= 0.6 is 11.6 Å². The van der Waals surface area contributed by atoms with Crippen LogP contribution in [0.25, 0.3) is 10.9 Å². The summed E-state index contributed by atoms with van der Waals surface area (Å²) in [4.78, 5) is 3.60. The molecule has 1 aliphatic heterocycles. The van der Waals surface area contributed by atoms with Gasteiger partial charge in [-0.15, -0.1) is 0 Å². The van der Waals surface area contributed by atoms with Crippen molar-refractivity contribution in [3.63, 3.8) is 0 Å². The zero-order valence-corrected chi connectivity index (χ0v) is 11.8. The molecule has 3 heteroatoms. The van der Waals surface area contributed by atoms with Crippen molar-refractivity contribution in [3.8, 4) is 0 Å².